The van der Waals surface area contributed by atoms with Gasteiger partial charge in [-0.3, -0.25) is 4.68 Å². The first kappa shape index (κ1) is 12.7. The van der Waals surface area contributed by atoms with Gasteiger partial charge in [-0.05, 0) is 17.7 Å². The van der Waals surface area contributed by atoms with E-state index in [0.29, 0.717) is 5.56 Å². The number of sulfonamides is 1. The predicted octanol–water partition coefficient (Wildman–Crippen LogP) is 1.04. The average Bonchev–Trinajstić information content (AvgIpc) is 2.76. The van der Waals surface area contributed by atoms with Gasteiger partial charge in [-0.25, -0.2) is 17.5 Å². The predicted molar refractivity (Wildman–Crippen MR) is 63.6 cm³/mol. The summed E-state index contributed by atoms with van der Waals surface area (Å²) in [7, 11) is -1.94. The number of hydrogen-bond donors (Lipinski definition) is 1. The summed E-state index contributed by atoms with van der Waals surface area (Å²) in [4.78, 5) is 0.104. The summed E-state index contributed by atoms with van der Waals surface area (Å²) in [6.07, 6.45) is 2.68. The van der Waals surface area contributed by atoms with Gasteiger partial charge in [-0.2, -0.15) is 5.10 Å². The van der Waals surface area contributed by atoms with E-state index in [2.05, 4.69) is 9.82 Å². The molecule has 96 valence electrons. The Bertz CT molecular complexity index is 635. The van der Waals surface area contributed by atoms with Crippen molar-refractivity contribution in [3.05, 3.63) is 48.0 Å². The molecule has 0 aliphatic carbocycles. The monoisotopic (exact) mass is 269 g/mol. The third-order valence-corrected chi connectivity index (χ3v) is 3.73. The summed E-state index contributed by atoms with van der Waals surface area (Å²) in [5, 5.41) is 3.80. The first-order chi connectivity index (χ1) is 8.47. The van der Waals surface area contributed by atoms with E-state index in [1.807, 2.05) is 0 Å². The number of aromatic nitrogens is 2. The summed E-state index contributed by atoms with van der Waals surface area (Å²) in [5.74, 6) is -0.353. The van der Waals surface area contributed by atoms with Crippen LogP contribution in [0.5, 0.6) is 0 Å². The van der Waals surface area contributed by atoms with E-state index in [9.17, 15) is 12.8 Å². The molecule has 0 saturated carbocycles. The zero-order valence-electron chi connectivity index (χ0n) is 9.67. The number of benzene rings is 1. The Morgan fingerprint density at radius 1 is 1.33 bits per heavy atom. The third-order valence-electron chi connectivity index (χ3n) is 2.37. The number of aryl methyl sites for hydroxylation is 1. The molecule has 1 heterocycles. The Kier molecular flexibility index (Phi) is 3.44. The van der Waals surface area contributed by atoms with Gasteiger partial charge in [0.15, 0.2) is 0 Å². The van der Waals surface area contributed by atoms with Crippen molar-refractivity contribution in [3.8, 4) is 0 Å². The van der Waals surface area contributed by atoms with E-state index >= 15 is 0 Å². The van der Waals surface area contributed by atoms with E-state index in [-0.39, 0.29) is 17.3 Å². The van der Waals surface area contributed by atoms with Crippen LogP contribution < -0.4 is 4.72 Å². The molecule has 0 aliphatic heterocycles. The van der Waals surface area contributed by atoms with Gasteiger partial charge < -0.3 is 0 Å². The summed E-state index contributed by atoms with van der Waals surface area (Å²) in [5.41, 5.74) is 0.684. The van der Waals surface area contributed by atoms with Crippen molar-refractivity contribution in [1.29, 1.82) is 0 Å². The molecule has 1 N–H and O–H groups in total. The largest absolute Gasteiger partial charge is 0.274 e. The van der Waals surface area contributed by atoms with Crippen LogP contribution in [0.2, 0.25) is 0 Å². The quantitative estimate of drug-likeness (QED) is 0.902. The van der Waals surface area contributed by atoms with Gasteiger partial charge in [0.25, 0.3) is 0 Å². The van der Waals surface area contributed by atoms with Gasteiger partial charge >= 0.3 is 0 Å². The van der Waals surface area contributed by atoms with Crippen LogP contribution in [0.25, 0.3) is 0 Å². The maximum absolute atomic E-state index is 12.7. The normalized spacial score (nSPS) is 11.7. The molecule has 2 rings (SSSR count). The minimum absolute atomic E-state index is 0.104. The van der Waals surface area contributed by atoms with Crippen LogP contribution in [0.1, 0.15) is 5.56 Å². The van der Waals surface area contributed by atoms with Crippen molar-refractivity contribution in [1.82, 2.24) is 14.5 Å². The topological polar surface area (TPSA) is 64.0 Å². The van der Waals surface area contributed by atoms with Crippen molar-refractivity contribution < 1.29 is 12.8 Å². The fraction of sp³-hybridized carbons (Fsp3) is 0.182. The Morgan fingerprint density at radius 3 is 2.56 bits per heavy atom. The molecular weight excluding hydrogens is 257 g/mol. The molecule has 5 nitrogen and oxygen atoms in total. The second kappa shape index (κ2) is 4.87. The molecule has 18 heavy (non-hydrogen) atoms. The van der Waals surface area contributed by atoms with Gasteiger partial charge in [0.2, 0.25) is 10.0 Å². The molecule has 2 aromatic rings. The Morgan fingerprint density at radius 2 is 2.00 bits per heavy atom. The van der Waals surface area contributed by atoms with E-state index in [1.165, 1.54) is 41.3 Å². The number of hydrogen-bond acceptors (Lipinski definition) is 3. The molecule has 0 radical (unpaired) electrons. The Balaban J connectivity index is 2.08. The average molecular weight is 269 g/mol. The van der Waals surface area contributed by atoms with Crippen LogP contribution in [0.3, 0.4) is 0 Å². The maximum Gasteiger partial charge on any atom is 0.243 e. The van der Waals surface area contributed by atoms with E-state index < -0.39 is 10.0 Å². The summed E-state index contributed by atoms with van der Waals surface area (Å²) >= 11 is 0. The smallest absolute Gasteiger partial charge is 0.243 e. The fourth-order valence-electron chi connectivity index (χ4n) is 1.40. The molecule has 0 spiro atoms. The summed E-state index contributed by atoms with van der Waals surface area (Å²) in [6.45, 7) is 0.109. The number of nitrogens with one attached hydrogen (secondary N) is 1. The van der Waals surface area contributed by atoms with Crippen LogP contribution in [-0.2, 0) is 23.6 Å². The zero-order chi connectivity index (χ0) is 13.2. The van der Waals surface area contributed by atoms with Crippen LogP contribution in [0.4, 0.5) is 4.39 Å². The maximum atomic E-state index is 12.7. The van der Waals surface area contributed by atoms with Crippen molar-refractivity contribution in [2.45, 2.75) is 11.4 Å². The van der Waals surface area contributed by atoms with Crippen molar-refractivity contribution in [3.63, 3.8) is 0 Å². The molecule has 0 atom stereocenters. The number of halogens is 1. The van der Waals surface area contributed by atoms with E-state index in [4.69, 9.17) is 0 Å². The van der Waals surface area contributed by atoms with Gasteiger partial charge in [0.05, 0.1) is 6.20 Å². The SMILES string of the molecule is Cn1cc(S(=O)(=O)NCc2ccc(F)cc2)cn1. The lowest BCUT2D eigenvalue weighted by Gasteiger charge is -2.04. The molecule has 0 saturated heterocycles. The number of rotatable bonds is 4. The molecule has 0 amide bonds. The minimum Gasteiger partial charge on any atom is -0.274 e. The highest BCUT2D eigenvalue weighted by Crippen LogP contribution is 2.08. The van der Waals surface area contributed by atoms with E-state index in [1.54, 1.807) is 7.05 Å². The Labute approximate surface area is 104 Å². The standard InChI is InChI=1S/C11H12FN3O2S/c1-15-8-11(7-13-15)18(16,17)14-6-9-2-4-10(12)5-3-9/h2-5,7-8,14H,6H2,1H3. The third kappa shape index (κ3) is 2.93. The zero-order valence-corrected chi connectivity index (χ0v) is 10.5. The molecule has 1 aromatic heterocycles. The van der Waals surface area contributed by atoms with Crippen LogP contribution in [0, 0.1) is 5.82 Å². The number of nitrogens with zero attached hydrogens (tertiary/aromatic N) is 2. The minimum atomic E-state index is -3.57. The van der Waals surface area contributed by atoms with Gasteiger partial charge in [-0.15, -0.1) is 0 Å². The van der Waals surface area contributed by atoms with Gasteiger partial charge in [0, 0.05) is 19.8 Å². The highest BCUT2D eigenvalue weighted by molar-refractivity contribution is 7.89. The second-order valence-corrected chi connectivity index (χ2v) is 5.57. The molecule has 0 unspecified atom stereocenters. The fourth-order valence-corrected chi connectivity index (χ4v) is 2.40. The van der Waals surface area contributed by atoms with Gasteiger partial charge in [0.1, 0.15) is 10.7 Å². The lowest BCUT2D eigenvalue weighted by Crippen LogP contribution is -2.22. The van der Waals surface area contributed by atoms with E-state index in [0.717, 1.165) is 0 Å². The molecule has 1 aromatic carbocycles. The molecule has 0 aliphatic rings. The first-order valence-electron chi connectivity index (χ1n) is 5.20. The van der Waals surface area contributed by atoms with Crippen molar-refractivity contribution in [2.75, 3.05) is 0 Å². The van der Waals surface area contributed by atoms with Crippen LogP contribution in [0.15, 0.2) is 41.6 Å². The lowest BCUT2D eigenvalue weighted by atomic mass is 10.2. The van der Waals surface area contributed by atoms with Crippen molar-refractivity contribution >= 4 is 10.0 Å². The van der Waals surface area contributed by atoms with Crippen LogP contribution >= 0.6 is 0 Å². The van der Waals surface area contributed by atoms with Gasteiger partial charge in [-0.1, -0.05) is 12.1 Å². The molecule has 0 bridgehead atoms. The first-order valence-corrected chi connectivity index (χ1v) is 6.68. The Hall–Kier alpha value is -1.73. The summed E-state index contributed by atoms with van der Waals surface area (Å²) < 4.78 is 40.2. The summed E-state index contributed by atoms with van der Waals surface area (Å²) in [6, 6.07) is 5.63. The molecule has 7 heteroatoms. The van der Waals surface area contributed by atoms with Crippen molar-refractivity contribution in [2.24, 2.45) is 7.05 Å². The van der Waals surface area contributed by atoms with Crippen LogP contribution in [-0.4, -0.2) is 18.2 Å². The highest BCUT2D eigenvalue weighted by Gasteiger charge is 2.15. The molecule has 0 fully saturated rings. The highest BCUT2D eigenvalue weighted by atomic mass is 32.2. The molecular formula is C11H12FN3O2S. The second-order valence-electron chi connectivity index (χ2n) is 3.80. The lowest BCUT2D eigenvalue weighted by molar-refractivity contribution is 0.581.